The Morgan fingerprint density at radius 1 is 1.31 bits per heavy atom. The maximum Gasteiger partial charge on any atom is 0.319 e. The van der Waals surface area contributed by atoms with Crippen LogP contribution in [-0.2, 0) is 4.79 Å². The third-order valence-electron chi connectivity index (χ3n) is 3.99. The van der Waals surface area contributed by atoms with Crippen molar-refractivity contribution < 1.29 is 18.7 Å². The van der Waals surface area contributed by atoms with Crippen LogP contribution >= 0.6 is 11.6 Å². The molecule has 0 saturated carbocycles. The Balaban J connectivity index is 1.64. The van der Waals surface area contributed by atoms with Crippen LogP contribution in [0.1, 0.15) is 6.42 Å². The van der Waals surface area contributed by atoms with Gasteiger partial charge in [0.2, 0.25) is 5.91 Å². The highest BCUT2D eigenvalue weighted by atomic mass is 35.5. The van der Waals surface area contributed by atoms with Crippen molar-refractivity contribution in [2.24, 2.45) is 0 Å². The molecule has 3 amide bonds. The molecule has 6 nitrogen and oxygen atoms in total. The summed E-state index contributed by atoms with van der Waals surface area (Å²) in [7, 11) is 1.48. The molecule has 0 radical (unpaired) electrons. The number of amides is 3. The fraction of sp³-hybridized carbons (Fsp3) is 0.222. The van der Waals surface area contributed by atoms with Crippen LogP contribution in [0.15, 0.2) is 42.5 Å². The normalized spacial score (nSPS) is 16.5. The zero-order valence-electron chi connectivity index (χ0n) is 14.0. The molecule has 0 bridgehead atoms. The van der Waals surface area contributed by atoms with E-state index in [-0.39, 0.29) is 18.9 Å². The lowest BCUT2D eigenvalue weighted by atomic mass is 10.2. The van der Waals surface area contributed by atoms with E-state index in [0.717, 1.165) is 0 Å². The Hall–Kier alpha value is -2.80. The van der Waals surface area contributed by atoms with Crippen molar-refractivity contribution in [2.45, 2.75) is 12.5 Å². The quantitative estimate of drug-likeness (QED) is 0.857. The minimum atomic E-state index is -0.482. The summed E-state index contributed by atoms with van der Waals surface area (Å²) >= 11 is 5.94. The van der Waals surface area contributed by atoms with Crippen LogP contribution in [0.5, 0.6) is 5.75 Å². The van der Waals surface area contributed by atoms with Crippen molar-refractivity contribution in [2.75, 3.05) is 23.9 Å². The SMILES string of the molecule is COc1ccc(Cl)cc1NC(=O)NC1CC(=O)N(c2cccc(F)c2)C1. The molecule has 2 aromatic rings. The number of carbonyl (C=O) groups is 2. The zero-order chi connectivity index (χ0) is 18.7. The molecule has 1 aliphatic rings. The molecule has 3 rings (SSSR count). The van der Waals surface area contributed by atoms with Gasteiger partial charge in [0.1, 0.15) is 11.6 Å². The third kappa shape index (κ3) is 4.05. The Labute approximate surface area is 154 Å². The van der Waals surface area contributed by atoms with Crippen LogP contribution < -0.4 is 20.3 Å². The highest BCUT2D eigenvalue weighted by Gasteiger charge is 2.31. The lowest BCUT2D eigenvalue weighted by Gasteiger charge is -2.18. The van der Waals surface area contributed by atoms with Crippen molar-refractivity contribution in [1.29, 1.82) is 0 Å². The summed E-state index contributed by atoms with van der Waals surface area (Å²) in [6, 6.07) is 9.78. The number of rotatable bonds is 4. The second-order valence-corrected chi connectivity index (χ2v) is 6.26. The van der Waals surface area contributed by atoms with Gasteiger partial charge in [-0.15, -0.1) is 0 Å². The summed E-state index contributed by atoms with van der Waals surface area (Å²) in [6.07, 6.45) is 0.136. The smallest absolute Gasteiger partial charge is 0.319 e. The molecule has 0 aromatic heterocycles. The van der Waals surface area contributed by atoms with Crippen LogP contribution in [0.3, 0.4) is 0 Å². The van der Waals surface area contributed by atoms with E-state index in [9.17, 15) is 14.0 Å². The summed E-state index contributed by atoms with van der Waals surface area (Å²) in [5, 5.41) is 5.85. The summed E-state index contributed by atoms with van der Waals surface area (Å²) in [4.78, 5) is 25.9. The van der Waals surface area contributed by atoms with Gasteiger partial charge in [-0.25, -0.2) is 9.18 Å². The van der Waals surface area contributed by atoms with Gasteiger partial charge in [0.25, 0.3) is 0 Å². The number of benzene rings is 2. The summed E-state index contributed by atoms with van der Waals surface area (Å²) in [5.41, 5.74) is 0.889. The van der Waals surface area contributed by atoms with Gasteiger partial charge in [-0.2, -0.15) is 0 Å². The fourth-order valence-corrected chi connectivity index (χ4v) is 2.99. The van der Waals surface area contributed by atoms with Crippen molar-refractivity contribution in [3.8, 4) is 5.75 Å². The van der Waals surface area contributed by atoms with Crippen molar-refractivity contribution in [3.63, 3.8) is 0 Å². The first kappa shape index (κ1) is 18.0. The number of nitrogens with zero attached hydrogens (tertiary/aromatic N) is 1. The van der Waals surface area contributed by atoms with E-state index < -0.39 is 17.9 Å². The Kier molecular flexibility index (Phi) is 5.27. The van der Waals surface area contributed by atoms with Gasteiger partial charge in [-0.3, -0.25) is 4.79 Å². The molecule has 0 spiro atoms. The van der Waals surface area contributed by atoms with E-state index in [2.05, 4.69) is 10.6 Å². The number of methoxy groups -OCH3 is 1. The lowest BCUT2D eigenvalue weighted by molar-refractivity contribution is -0.117. The Morgan fingerprint density at radius 2 is 2.12 bits per heavy atom. The van der Waals surface area contributed by atoms with Crippen molar-refractivity contribution >= 4 is 34.9 Å². The highest BCUT2D eigenvalue weighted by molar-refractivity contribution is 6.31. The molecule has 1 atom stereocenters. The van der Waals surface area contributed by atoms with E-state index >= 15 is 0 Å². The lowest BCUT2D eigenvalue weighted by Crippen LogP contribution is -2.39. The predicted molar refractivity (Wildman–Crippen MR) is 97.3 cm³/mol. The average molecular weight is 378 g/mol. The molecular formula is C18H17ClFN3O3. The van der Waals surface area contributed by atoms with Gasteiger partial charge in [-0.1, -0.05) is 17.7 Å². The third-order valence-corrected chi connectivity index (χ3v) is 4.22. The highest BCUT2D eigenvalue weighted by Crippen LogP contribution is 2.28. The van der Waals surface area contributed by atoms with E-state index in [0.29, 0.717) is 22.1 Å². The second kappa shape index (κ2) is 7.61. The van der Waals surface area contributed by atoms with Crippen LogP contribution in [-0.4, -0.2) is 31.6 Å². The van der Waals surface area contributed by atoms with E-state index in [1.165, 1.54) is 30.2 Å². The van der Waals surface area contributed by atoms with Gasteiger partial charge >= 0.3 is 6.03 Å². The molecule has 8 heteroatoms. The van der Waals surface area contributed by atoms with E-state index in [4.69, 9.17) is 16.3 Å². The largest absolute Gasteiger partial charge is 0.495 e. The van der Waals surface area contributed by atoms with Gasteiger partial charge in [-0.05, 0) is 36.4 Å². The molecule has 1 aliphatic heterocycles. The molecule has 26 heavy (non-hydrogen) atoms. The second-order valence-electron chi connectivity index (χ2n) is 5.83. The topological polar surface area (TPSA) is 70.7 Å². The van der Waals surface area contributed by atoms with Gasteiger partial charge in [0.15, 0.2) is 0 Å². The maximum absolute atomic E-state index is 13.4. The minimum absolute atomic E-state index is 0.136. The maximum atomic E-state index is 13.4. The summed E-state index contributed by atoms with van der Waals surface area (Å²) in [6.45, 7) is 0.266. The Bertz CT molecular complexity index is 846. The summed E-state index contributed by atoms with van der Waals surface area (Å²) < 4.78 is 18.5. The predicted octanol–water partition coefficient (Wildman–Crippen LogP) is 3.41. The molecule has 1 unspecified atom stereocenters. The number of halogens is 2. The molecule has 0 aliphatic carbocycles. The van der Waals surface area contributed by atoms with Crippen LogP contribution in [0.4, 0.5) is 20.6 Å². The fourth-order valence-electron chi connectivity index (χ4n) is 2.82. The molecule has 1 saturated heterocycles. The van der Waals surface area contributed by atoms with Crippen molar-refractivity contribution in [1.82, 2.24) is 5.32 Å². The van der Waals surface area contributed by atoms with Gasteiger partial charge in [0.05, 0.1) is 18.8 Å². The number of ether oxygens (including phenoxy) is 1. The van der Waals surface area contributed by atoms with Gasteiger partial charge in [0, 0.05) is 23.7 Å². The van der Waals surface area contributed by atoms with E-state index in [1.54, 1.807) is 24.3 Å². The first-order valence-corrected chi connectivity index (χ1v) is 8.31. The number of urea groups is 1. The number of anilines is 2. The monoisotopic (exact) mass is 377 g/mol. The molecular weight excluding hydrogens is 361 g/mol. The van der Waals surface area contributed by atoms with Crippen LogP contribution in [0.2, 0.25) is 5.02 Å². The zero-order valence-corrected chi connectivity index (χ0v) is 14.7. The molecule has 1 heterocycles. The molecule has 1 fully saturated rings. The van der Waals surface area contributed by atoms with E-state index in [1.807, 2.05) is 0 Å². The van der Waals surface area contributed by atoms with Gasteiger partial charge < -0.3 is 20.3 Å². The number of nitrogens with one attached hydrogen (secondary N) is 2. The first-order chi connectivity index (χ1) is 12.5. The van der Waals surface area contributed by atoms with Crippen LogP contribution in [0.25, 0.3) is 0 Å². The number of carbonyl (C=O) groups excluding carboxylic acids is 2. The number of hydrogen-bond acceptors (Lipinski definition) is 3. The van der Waals surface area contributed by atoms with Crippen LogP contribution in [0, 0.1) is 5.82 Å². The van der Waals surface area contributed by atoms with Crippen molar-refractivity contribution in [3.05, 3.63) is 53.3 Å². The molecule has 2 N–H and O–H groups in total. The first-order valence-electron chi connectivity index (χ1n) is 7.93. The average Bonchev–Trinajstić information content (AvgIpc) is 2.95. The Morgan fingerprint density at radius 3 is 2.85 bits per heavy atom. The minimum Gasteiger partial charge on any atom is -0.495 e. The summed E-state index contributed by atoms with van der Waals surface area (Å²) in [5.74, 6) is -0.132. The standard InChI is InChI=1S/C18H17ClFN3O3/c1-26-16-6-5-11(19)7-15(16)22-18(25)21-13-9-17(24)23(10-13)14-4-2-3-12(20)8-14/h2-8,13H,9-10H2,1H3,(H2,21,22,25). The molecule has 2 aromatic carbocycles. The number of hydrogen-bond donors (Lipinski definition) is 2. The molecule has 136 valence electrons.